The van der Waals surface area contributed by atoms with E-state index >= 15 is 0 Å². The summed E-state index contributed by atoms with van der Waals surface area (Å²) < 4.78 is 32.0. The molecule has 2 rings (SSSR count). The molecule has 1 aromatic carbocycles. The molecule has 3 N–H and O–H groups in total. The van der Waals surface area contributed by atoms with Crippen molar-refractivity contribution < 1.29 is 12.8 Å². The molecule has 0 amide bonds. The lowest BCUT2D eigenvalue weighted by Crippen LogP contribution is -2.27. The molecule has 0 fully saturated rings. The summed E-state index contributed by atoms with van der Waals surface area (Å²) in [4.78, 5) is 2.08. The van der Waals surface area contributed by atoms with E-state index in [1.54, 1.807) is 24.5 Å². The fourth-order valence-electron chi connectivity index (χ4n) is 2.08. The minimum absolute atomic E-state index is 0.165. The molecule has 21 heavy (non-hydrogen) atoms. The largest absolute Gasteiger partial charge is 0.467 e. The van der Waals surface area contributed by atoms with Crippen LogP contribution in [0.3, 0.4) is 0 Å². The Kier molecular flexibility index (Phi) is 4.54. The van der Waals surface area contributed by atoms with Gasteiger partial charge >= 0.3 is 0 Å². The fraction of sp³-hybridized carbons (Fsp3) is 0.286. The van der Waals surface area contributed by atoms with Crippen LogP contribution in [-0.2, 0) is 16.6 Å². The van der Waals surface area contributed by atoms with E-state index in [1.807, 2.05) is 17.9 Å². The number of rotatable bonds is 6. The van der Waals surface area contributed by atoms with Crippen molar-refractivity contribution in [3.63, 3.8) is 0 Å². The van der Waals surface area contributed by atoms with Crippen molar-refractivity contribution in [1.82, 2.24) is 4.72 Å². The van der Waals surface area contributed by atoms with E-state index in [0.717, 1.165) is 5.76 Å². The van der Waals surface area contributed by atoms with Gasteiger partial charge in [-0.3, -0.25) is 0 Å². The van der Waals surface area contributed by atoms with Gasteiger partial charge in [0.1, 0.15) is 10.7 Å². The highest BCUT2D eigenvalue weighted by molar-refractivity contribution is 7.89. The van der Waals surface area contributed by atoms with Gasteiger partial charge in [-0.1, -0.05) is 0 Å². The molecule has 0 atom stereocenters. The van der Waals surface area contributed by atoms with Gasteiger partial charge in [0.25, 0.3) is 0 Å². The molecular formula is C14H19N3O3S. The predicted molar refractivity (Wildman–Crippen MR) is 82.5 cm³/mol. The summed E-state index contributed by atoms with van der Waals surface area (Å²) in [5, 5.41) is 0. The average molecular weight is 309 g/mol. The quantitative estimate of drug-likeness (QED) is 0.794. The fourth-order valence-corrected chi connectivity index (χ4v) is 3.06. The van der Waals surface area contributed by atoms with E-state index in [1.165, 1.54) is 13.1 Å². The van der Waals surface area contributed by atoms with Crippen LogP contribution in [0.5, 0.6) is 0 Å². The highest BCUT2D eigenvalue weighted by atomic mass is 32.2. The van der Waals surface area contributed by atoms with Gasteiger partial charge in [0.05, 0.1) is 18.5 Å². The Balaban J connectivity index is 2.46. The third kappa shape index (κ3) is 3.37. The Morgan fingerprint density at radius 1 is 1.33 bits per heavy atom. The molecular weight excluding hydrogens is 290 g/mol. The first-order valence-corrected chi connectivity index (χ1v) is 8.06. The van der Waals surface area contributed by atoms with Crippen LogP contribution >= 0.6 is 0 Å². The van der Waals surface area contributed by atoms with Crippen LogP contribution in [0, 0.1) is 0 Å². The predicted octanol–water partition coefficient (Wildman–Crippen LogP) is 1.80. The highest BCUT2D eigenvalue weighted by Gasteiger charge is 2.21. The first kappa shape index (κ1) is 15.4. The molecule has 1 heterocycles. The smallest absolute Gasteiger partial charge is 0.242 e. The Morgan fingerprint density at radius 3 is 2.67 bits per heavy atom. The number of nitrogens with two attached hydrogens (primary N) is 1. The second-order valence-corrected chi connectivity index (χ2v) is 6.38. The Bertz CT molecular complexity index is 696. The van der Waals surface area contributed by atoms with Gasteiger partial charge in [-0.15, -0.1) is 0 Å². The summed E-state index contributed by atoms with van der Waals surface area (Å²) in [6.07, 6.45) is 1.59. The molecule has 0 saturated carbocycles. The van der Waals surface area contributed by atoms with Crippen molar-refractivity contribution in [1.29, 1.82) is 0 Å². The minimum Gasteiger partial charge on any atom is -0.467 e. The van der Waals surface area contributed by atoms with E-state index < -0.39 is 10.0 Å². The maximum Gasteiger partial charge on any atom is 0.242 e. The molecule has 0 aliphatic heterocycles. The van der Waals surface area contributed by atoms with Crippen molar-refractivity contribution in [2.24, 2.45) is 0 Å². The third-order valence-electron chi connectivity index (χ3n) is 3.19. The summed E-state index contributed by atoms with van der Waals surface area (Å²) in [5.41, 5.74) is 6.73. The van der Waals surface area contributed by atoms with Gasteiger partial charge in [-0.25, -0.2) is 13.1 Å². The summed E-state index contributed by atoms with van der Waals surface area (Å²) in [6, 6.07) is 8.52. The molecule has 0 saturated heterocycles. The second-order valence-electron chi connectivity index (χ2n) is 4.53. The summed E-state index contributed by atoms with van der Waals surface area (Å²) in [5.74, 6) is 0.765. The topological polar surface area (TPSA) is 88.6 Å². The van der Waals surface area contributed by atoms with Crippen LogP contribution in [0.1, 0.15) is 12.7 Å². The summed E-state index contributed by atoms with van der Waals surface area (Å²) >= 11 is 0. The zero-order valence-corrected chi connectivity index (χ0v) is 12.9. The first-order chi connectivity index (χ1) is 9.97. The van der Waals surface area contributed by atoms with Gasteiger partial charge in [-0.2, -0.15) is 0 Å². The highest BCUT2D eigenvalue weighted by Crippen LogP contribution is 2.28. The van der Waals surface area contributed by atoms with E-state index in [2.05, 4.69) is 4.72 Å². The number of hydrogen-bond donors (Lipinski definition) is 2. The maximum absolute atomic E-state index is 12.2. The van der Waals surface area contributed by atoms with Gasteiger partial charge in [0.15, 0.2) is 0 Å². The Morgan fingerprint density at radius 2 is 2.10 bits per heavy atom. The molecule has 6 nitrogen and oxygen atoms in total. The van der Waals surface area contributed by atoms with Crippen molar-refractivity contribution in [2.45, 2.75) is 18.4 Å². The summed E-state index contributed by atoms with van der Waals surface area (Å²) in [6.45, 7) is 3.07. The molecule has 0 radical (unpaired) electrons. The standard InChI is InChI=1S/C14H19N3O3S/c1-3-17(10-12-5-4-8-20-12)13-7-6-11(15)9-14(13)21(18,19)16-2/h4-9,16H,3,10,15H2,1-2H3. The van der Waals surface area contributed by atoms with Crippen molar-refractivity contribution in [3.05, 3.63) is 42.4 Å². The van der Waals surface area contributed by atoms with Crippen LogP contribution in [0.4, 0.5) is 11.4 Å². The maximum atomic E-state index is 12.2. The second kappa shape index (κ2) is 6.19. The van der Waals surface area contributed by atoms with Crippen LogP contribution < -0.4 is 15.4 Å². The van der Waals surface area contributed by atoms with Crippen LogP contribution in [-0.4, -0.2) is 22.0 Å². The van der Waals surface area contributed by atoms with Crippen LogP contribution in [0.25, 0.3) is 0 Å². The van der Waals surface area contributed by atoms with Crippen molar-refractivity contribution in [2.75, 3.05) is 24.2 Å². The summed E-state index contributed by atoms with van der Waals surface area (Å²) in [7, 11) is -2.21. The molecule has 1 aromatic heterocycles. The number of hydrogen-bond acceptors (Lipinski definition) is 5. The molecule has 0 spiro atoms. The number of furan rings is 1. The lowest BCUT2D eigenvalue weighted by atomic mass is 10.2. The number of anilines is 2. The van der Waals surface area contributed by atoms with E-state index in [9.17, 15) is 8.42 Å². The van der Waals surface area contributed by atoms with Gasteiger partial charge < -0.3 is 15.1 Å². The molecule has 0 bridgehead atoms. The zero-order chi connectivity index (χ0) is 15.5. The molecule has 114 valence electrons. The minimum atomic E-state index is -3.59. The number of nitrogens with one attached hydrogen (secondary N) is 1. The number of nitrogens with zero attached hydrogens (tertiary/aromatic N) is 1. The molecule has 0 aliphatic rings. The first-order valence-electron chi connectivity index (χ1n) is 6.58. The number of benzene rings is 1. The third-order valence-corrected chi connectivity index (χ3v) is 4.63. The van der Waals surface area contributed by atoms with Crippen molar-refractivity contribution in [3.8, 4) is 0 Å². The van der Waals surface area contributed by atoms with E-state index in [-0.39, 0.29) is 4.90 Å². The lowest BCUT2D eigenvalue weighted by molar-refractivity contribution is 0.503. The SMILES string of the molecule is CCN(Cc1ccco1)c1ccc(N)cc1S(=O)(=O)NC. The lowest BCUT2D eigenvalue weighted by Gasteiger charge is -2.24. The molecule has 0 unspecified atom stereocenters. The van der Waals surface area contributed by atoms with Crippen molar-refractivity contribution >= 4 is 21.4 Å². The van der Waals surface area contributed by atoms with E-state index in [4.69, 9.17) is 10.2 Å². The van der Waals surface area contributed by atoms with Crippen LogP contribution in [0.15, 0.2) is 45.9 Å². The monoisotopic (exact) mass is 309 g/mol. The van der Waals surface area contributed by atoms with Gasteiger partial charge in [0.2, 0.25) is 10.0 Å². The number of nitrogen functional groups attached to an aromatic ring is 1. The van der Waals surface area contributed by atoms with E-state index in [0.29, 0.717) is 24.5 Å². The Labute approximate surface area is 124 Å². The zero-order valence-electron chi connectivity index (χ0n) is 12.0. The normalized spacial score (nSPS) is 11.5. The van der Waals surface area contributed by atoms with Crippen LogP contribution in [0.2, 0.25) is 0 Å². The Hall–Kier alpha value is -1.99. The average Bonchev–Trinajstić information content (AvgIpc) is 2.98. The number of sulfonamides is 1. The van der Waals surface area contributed by atoms with Gasteiger partial charge in [0, 0.05) is 12.2 Å². The molecule has 0 aliphatic carbocycles. The van der Waals surface area contributed by atoms with Gasteiger partial charge in [-0.05, 0) is 44.3 Å². The molecule has 7 heteroatoms. The molecule has 2 aromatic rings.